The van der Waals surface area contributed by atoms with Gasteiger partial charge in [0.05, 0.1) is 11.4 Å². The van der Waals surface area contributed by atoms with Crippen LogP contribution in [-0.2, 0) is 0 Å². The zero-order chi connectivity index (χ0) is 14.8. The average Bonchev–Trinajstić information content (AvgIpc) is 2.90. The Balaban J connectivity index is 2.19. The molecule has 0 amide bonds. The first-order valence-corrected chi connectivity index (χ1v) is 6.42. The summed E-state index contributed by atoms with van der Waals surface area (Å²) in [7, 11) is 0. The lowest BCUT2D eigenvalue weighted by Crippen LogP contribution is -2.01. The first kappa shape index (κ1) is 13.3. The van der Waals surface area contributed by atoms with Crippen molar-refractivity contribution in [2.24, 2.45) is 0 Å². The summed E-state index contributed by atoms with van der Waals surface area (Å²) in [5, 5.41) is 3.85. The number of rotatable bonds is 3. The van der Waals surface area contributed by atoms with Crippen molar-refractivity contribution in [3.63, 3.8) is 0 Å². The molecule has 7 heteroatoms. The predicted molar refractivity (Wildman–Crippen MR) is 78.5 cm³/mol. The van der Waals surface area contributed by atoms with Crippen LogP contribution in [-0.4, -0.2) is 20.5 Å². The van der Waals surface area contributed by atoms with Crippen molar-refractivity contribution in [3.8, 4) is 22.5 Å². The third-order valence-corrected chi connectivity index (χ3v) is 3.08. The van der Waals surface area contributed by atoms with Crippen molar-refractivity contribution in [3.05, 3.63) is 58.6 Å². The highest BCUT2D eigenvalue weighted by Crippen LogP contribution is 2.26. The number of thiocarbonyl (C=S) groups is 1. The first-order chi connectivity index (χ1) is 10.2. The molecule has 0 saturated carbocycles. The molecule has 0 atom stereocenters. The average molecular weight is 301 g/mol. The molecule has 2 heterocycles. The Labute approximate surface area is 123 Å². The third kappa shape index (κ3) is 2.50. The van der Waals surface area contributed by atoms with Gasteiger partial charge < -0.3 is 4.52 Å². The fraction of sp³-hybridized carbons (Fsp3) is 0. The van der Waals surface area contributed by atoms with Crippen LogP contribution in [0.1, 0.15) is 5.82 Å². The lowest BCUT2D eigenvalue weighted by atomic mass is 10.1. The minimum Gasteiger partial charge on any atom is -0.338 e. The Morgan fingerprint density at radius 3 is 2.71 bits per heavy atom. The largest absolute Gasteiger partial charge is 0.367 e. The summed E-state index contributed by atoms with van der Waals surface area (Å²) < 4.78 is 17.8. The van der Waals surface area contributed by atoms with E-state index in [4.69, 9.17) is 16.7 Å². The normalized spacial score (nSPS) is 10.5. The van der Waals surface area contributed by atoms with Crippen LogP contribution in [0, 0.1) is 5.82 Å². The molecule has 2 aromatic heterocycles. The van der Waals surface area contributed by atoms with Crippen molar-refractivity contribution >= 4 is 17.6 Å². The molecular weight excluding hydrogens is 293 g/mol. The summed E-state index contributed by atoms with van der Waals surface area (Å²) >= 11 is 4.78. The van der Waals surface area contributed by atoms with E-state index in [9.17, 15) is 9.18 Å². The Kier molecular flexibility index (Phi) is 3.41. The number of aromatic amines is 1. The van der Waals surface area contributed by atoms with E-state index in [0.717, 1.165) is 0 Å². The molecule has 0 unspecified atom stereocenters. The SMILES string of the molecule is O=c1o[nH]c(-c2ccc(F)cc2)c1-c1ccnc(C=S)n1. The van der Waals surface area contributed by atoms with Crippen LogP contribution in [0.15, 0.2) is 45.8 Å². The Morgan fingerprint density at radius 2 is 2.00 bits per heavy atom. The van der Waals surface area contributed by atoms with Crippen molar-refractivity contribution < 1.29 is 8.91 Å². The predicted octanol–water partition coefficient (Wildman–Crippen LogP) is 2.58. The molecule has 0 aliphatic rings. The molecule has 0 fully saturated rings. The van der Waals surface area contributed by atoms with E-state index in [1.165, 1.54) is 23.7 Å². The summed E-state index contributed by atoms with van der Waals surface area (Å²) in [5.41, 5.74) is 1.11. The number of H-pyrrole nitrogens is 1. The van der Waals surface area contributed by atoms with Gasteiger partial charge in [-0.1, -0.05) is 12.2 Å². The summed E-state index contributed by atoms with van der Waals surface area (Å²) in [6.07, 6.45) is 1.50. The summed E-state index contributed by atoms with van der Waals surface area (Å²) in [4.78, 5) is 20.0. The fourth-order valence-electron chi connectivity index (χ4n) is 1.92. The molecule has 104 valence electrons. The summed E-state index contributed by atoms with van der Waals surface area (Å²) in [6, 6.07) is 7.26. The molecule has 0 saturated heterocycles. The molecule has 1 aromatic carbocycles. The van der Waals surface area contributed by atoms with Crippen molar-refractivity contribution in [2.45, 2.75) is 0 Å². The highest BCUT2D eigenvalue weighted by molar-refractivity contribution is 7.79. The van der Waals surface area contributed by atoms with Crippen LogP contribution < -0.4 is 5.63 Å². The van der Waals surface area contributed by atoms with Gasteiger partial charge in [0.2, 0.25) is 0 Å². The molecule has 0 aliphatic heterocycles. The van der Waals surface area contributed by atoms with Gasteiger partial charge in [0.1, 0.15) is 11.4 Å². The van der Waals surface area contributed by atoms with Gasteiger partial charge in [0, 0.05) is 17.1 Å². The van der Waals surface area contributed by atoms with Gasteiger partial charge >= 0.3 is 5.63 Å². The van der Waals surface area contributed by atoms with Gasteiger partial charge in [-0.05, 0) is 30.3 Å². The van der Waals surface area contributed by atoms with Crippen molar-refractivity contribution in [2.75, 3.05) is 0 Å². The number of nitrogens with zero attached hydrogens (tertiary/aromatic N) is 2. The molecule has 1 N–H and O–H groups in total. The van der Waals surface area contributed by atoms with Crippen LogP contribution in [0.2, 0.25) is 0 Å². The van der Waals surface area contributed by atoms with Gasteiger partial charge in [-0.2, -0.15) is 0 Å². The molecule has 0 radical (unpaired) electrons. The second kappa shape index (κ2) is 5.37. The second-order valence-corrected chi connectivity index (χ2v) is 4.40. The quantitative estimate of drug-likeness (QED) is 0.753. The topological polar surface area (TPSA) is 71.8 Å². The van der Waals surface area contributed by atoms with E-state index in [1.54, 1.807) is 18.2 Å². The second-order valence-electron chi connectivity index (χ2n) is 4.17. The van der Waals surface area contributed by atoms with Crippen LogP contribution in [0.3, 0.4) is 0 Å². The number of aromatic nitrogens is 3. The van der Waals surface area contributed by atoms with E-state index < -0.39 is 5.63 Å². The van der Waals surface area contributed by atoms with E-state index in [1.807, 2.05) is 0 Å². The minimum absolute atomic E-state index is 0.252. The van der Waals surface area contributed by atoms with Crippen LogP contribution >= 0.6 is 12.2 Å². The number of nitrogens with one attached hydrogen (secondary N) is 1. The lowest BCUT2D eigenvalue weighted by molar-refractivity contribution is 0.394. The maximum absolute atomic E-state index is 13.0. The Morgan fingerprint density at radius 1 is 1.24 bits per heavy atom. The lowest BCUT2D eigenvalue weighted by Gasteiger charge is -2.01. The number of hydrogen-bond donors (Lipinski definition) is 1. The molecule has 3 aromatic rings. The highest BCUT2D eigenvalue weighted by Gasteiger charge is 2.17. The molecule has 5 nitrogen and oxygen atoms in total. The number of halogens is 1. The van der Waals surface area contributed by atoms with Gasteiger partial charge in [-0.3, -0.25) is 0 Å². The van der Waals surface area contributed by atoms with Crippen molar-refractivity contribution in [1.82, 2.24) is 15.1 Å². The smallest absolute Gasteiger partial charge is 0.338 e. The highest BCUT2D eigenvalue weighted by atomic mass is 32.1. The van der Waals surface area contributed by atoms with E-state index in [2.05, 4.69) is 15.1 Å². The zero-order valence-electron chi connectivity index (χ0n) is 10.5. The molecule has 0 aliphatic carbocycles. The number of benzene rings is 1. The van der Waals surface area contributed by atoms with Crippen molar-refractivity contribution in [1.29, 1.82) is 0 Å². The van der Waals surface area contributed by atoms with E-state index in [0.29, 0.717) is 22.8 Å². The van der Waals surface area contributed by atoms with Gasteiger partial charge in [-0.15, -0.1) is 0 Å². The fourth-order valence-corrected chi connectivity index (χ4v) is 2.04. The monoisotopic (exact) mass is 301 g/mol. The van der Waals surface area contributed by atoms with Crippen LogP contribution in [0.25, 0.3) is 22.5 Å². The summed E-state index contributed by atoms with van der Waals surface area (Å²) in [6.45, 7) is 0. The molecule has 0 spiro atoms. The van der Waals surface area contributed by atoms with Crippen LogP contribution in [0.5, 0.6) is 0 Å². The van der Waals surface area contributed by atoms with E-state index in [-0.39, 0.29) is 11.4 Å². The first-order valence-electron chi connectivity index (χ1n) is 5.95. The maximum Gasteiger partial charge on any atom is 0.367 e. The van der Waals surface area contributed by atoms with E-state index >= 15 is 0 Å². The van der Waals surface area contributed by atoms with Gasteiger partial charge in [-0.25, -0.2) is 24.3 Å². The standard InChI is InChI=1S/C14H8FN3O2S/c15-9-3-1-8(2-4-9)13-12(14(19)20-18-13)10-5-6-16-11(7-21)17-10/h1-7,18H. The maximum atomic E-state index is 13.0. The molecule has 0 bridgehead atoms. The minimum atomic E-state index is -0.566. The van der Waals surface area contributed by atoms with Gasteiger partial charge in [0.15, 0.2) is 5.82 Å². The Hall–Kier alpha value is -2.67. The van der Waals surface area contributed by atoms with Crippen LogP contribution in [0.4, 0.5) is 4.39 Å². The molecule has 21 heavy (non-hydrogen) atoms. The Bertz CT molecular complexity index is 855. The third-order valence-electron chi connectivity index (χ3n) is 2.87. The van der Waals surface area contributed by atoms with Gasteiger partial charge in [0.25, 0.3) is 0 Å². The molecule has 3 rings (SSSR count). The number of hydrogen-bond acceptors (Lipinski definition) is 5. The zero-order valence-corrected chi connectivity index (χ0v) is 11.4. The summed E-state index contributed by atoms with van der Waals surface area (Å²) in [5.74, 6) is -0.0377. The molecular formula is C14H8FN3O2S.